The molecule has 172 valence electrons. The minimum absolute atomic E-state index is 0.258. The summed E-state index contributed by atoms with van der Waals surface area (Å²) < 4.78 is 10.2. The second kappa shape index (κ2) is 11.2. The van der Waals surface area contributed by atoms with Crippen molar-refractivity contribution in [2.45, 2.75) is 19.8 Å². The Kier molecular flexibility index (Phi) is 7.56. The molecule has 1 N–H and O–H groups in total. The number of esters is 1. The van der Waals surface area contributed by atoms with Gasteiger partial charge in [0.1, 0.15) is 4.88 Å². The normalized spacial score (nSPS) is 11.0. The van der Waals surface area contributed by atoms with Crippen LogP contribution in [0.1, 0.15) is 33.6 Å². The van der Waals surface area contributed by atoms with Crippen LogP contribution in [-0.4, -0.2) is 33.7 Å². The van der Waals surface area contributed by atoms with Gasteiger partial charge < -0.3 is 14.5 Å². The van der Waals surface area contributed by atoms with E-state index < -0.39 is 0 Å². The van der Waals surface area contributed by atoms with Crippen LogP contribution in [-0.2, 0) is 22.4 Å². The number of hydrogen-bond acceptors (Lipinski definition) is 8. The summed E-state index contributed by atoms with van der Waals surface area (Å²) >= 11 is 1.32. The van der Waals surface area contributed by atoms with Crippen molar-refractivity contribution in [3.8, 4) is 11.1 Å². The fourth-order valence-corrected chi connectivity index (χ4v) is 4.05. The average Bonchev–Trinajstić information content (AvgIpc) is 3.55. The van der Waals surface area contributed by atoms with E-state index in [1.807, 2.05) is 35.7 Å². The molecular formula is C25H22N4O4S. The second-order valence-electron chi connectivity index (χ2n) is 7.24. The van der Waals surface area contributed by atoms with Gasteiger partial charge in [-0.1, -0.05) is 12.1 Å². The van der Waals surface area contributed by atoms with Gasteiger partial charge in [0.15, 0.2) is 0 Å². The van der Waals surface area contributed by atoms with E-state index in [9.17, 15) is 9.59 Å². The van der Waals surface area contributed by atoms with Crippen molar-refractivity contribution in [3.05, 3.63) is 88.5 Å². The van der Waals surface area contributed by atoms with Crippen LogP contribution in [0.3, 0.4) is 0 Å². The highest BCUT2D eigenvalue weighted by Gasteiger charge is 2.12. The number of carbonyl (C=O) groups is 2. The second-order valence-corrected chi connectivity index (χ2v) is 8.15. The fraction of sp³-hybridized carbons (Fsp3) is 0.160. The van der Waals surface area contributed by atoms with Crippen LogP contribution in [0, 0.1) is 0 Å². The first-order valence-corrected chi connectivity index (χ1v) is 11.5. The Bertz CT molecular complexity index is 1280. The molecule has 8 nitrogen and oxygen atoms in total. The standard InChI is InChI=1S/C25H22N4O4S/c1-2-32-25(31)22-13-19(15-34-22)21-11-12-26-14-18(21)6-9-23(30)28-20-7-3-17(4-8-20)5-10-24-29-27-16-33-24/h3-4,6-9,11-16H,2,5,10H2,1H3,(H,28,30)/b9-6+. The monoisotopic (exact) mass is 474 g/mol. The lowest BCUT2D eigenvalue weighted by molar-refractivity contribution is -0.111. The third-order valence-electron chi connectivity index (χ3n) is 4.91. The van der Waals surface area contributed by atoms with E-state index in [1.54, 1.807) is 31.5 Å². The quantitative estimate of drug-likeness (QED) is 0.274. The van der Waals surface area contributed by atoms with E-state index in [4.69, 9.17) is 9.15 Å². The predicted molar refractivity (Wildman–Crippen MR) is 129 cm³/mol. The Hall–Kier alpha value is -4.11. The van der Waals surface area contributed by atoms with E-state index in [0.717, 1.165) is 28.7 Å². The van der Waals surface area contributed by atoms with Crippen LogP contribution in [0.2, 0.25) is 0 Å². The van der Waals surface area contributed by atoms with Crippen molar-refractivity contribution in [1.29, 1.82) is 0 Å². The lowest BCUT2D eigenvalue weighted by atomic mass is 10.0. The molecule has 0 saturated heterocycles. The highest BCUT2D eigenvalue weighted by Crippen LogP contribution is 2.29. The van der Waals surface area contributed by atoms with Crippen molar-refractivity contribution < 1.29 is 18.7 Å². The molecule has 3 heterocycles. The minimum atomic E-state index is -0.343. The van der Waals surface area contributed by atoms with Gasteiger partial charge >= 0.3 is 5.97 Å². The molecular weight excluding hydrogens is 452 g/mol. The molecule has 3 aromatic heterocycles. The zero-order valence-electron chi connectivity index (χ0n) is 18.4. The molecule has 0 atom stereocenters. The van der Waals surface area contributed by atoms with Gasteiger partial charge in [-0.2, -0.15) is 0 Å². The number of pyridine rings is 1. The number of ether oxygens (including phenoxy) is 1. The maximum absolute atomic E-state index is 12.5. The number of aromatic nitrogens is 3. The van der Waals surface area contributed by atoms with Gasteiger partial charge in [-0.05, 0) is 65.8 Å². The summed E-state index contributed by atoms with van der Waals surface area (Å²) in [6, 6.07) is 11.2. The Balaban J connectivity index is 1.38. The number of carbonyl (C=O) groups excluding carboxylic acids is 2. The van der Waals surface area contributed by atoms with Crippen LogP contribution in [0.4, 0.5) is 5.69 Å². The summed E-state index contributed by atoms with van der Waals surface area (Å²) in [5.74, 6) is -0.00673. The van der Waals surface area contributed by atoms with Crippen LogP contribution >= 0.6 is 11.3 Å². The van der Waals surface area contributed by atoms with Gasteiger partial charge in [0.05, 0.1) is 6.61 Å². The largest absolute Gasteiger partial charge is 0.462 e. The van der Waals surface area contributed by atoms with Gasteiger partial charge in [-0.25, -0.2) is 4.79 Å². The number of aryl methyl sites for hydroxylation is 2. The van der Waals surface area contributed by atoms with E-state index in [-0.39, 0.29) is 11.9 Å². The number of nitrogens with zero attached hydrogens (tertiary/aromatic N) is 3. The highest BCUT2D eigenvalue weighted by atomic mass is 32.1. The molecule has 9 heteroatoms. The van der Waals surface area contributed by atoms with Crippen LogP contribution in [0.15, 0.2) is 71.1 Å². The van der Waals surface area contributed by atoms with Crippen LogP contribution in [0.25, 0.3) is 17.2 Å². The summed E-state index contributed by atoms with van der Waals surface area (Å²) in [6.07, 6.45) is 9.26. The molecule has 4 rings (SSSR count). The molecule has 0 spiro atoms. The number of rotatable bonds is 9. The Labute approximate surface area is 200 Å². The third kappa shape index (κ3) is 6.02. The third-order valence-corrected chi connectivity index (χ3v) is 5.82. The minimum Gasteiger partial charge on any atom is -0.462 e. The number of anilines is 1. The van der Waals surface area contributed by atoms with Gasteiger partial charge in [0, 0.05) is 36.1 Å². The number of nitrogens with one attached hydrogen (secondary N) is 1. The number of benzene rings is 1. The first-order valence-electron chi connectivity index (χ1n) is 10.7. The van der Waals surface area contributed by atoms with Gasteiger partial charge in [-0.3, -0.25) is 9.78 Å². The van der Waals surface area contributed by atoms with Crippen molar-refractivity contribution >= 4 is 35.0 Å². The molecule has 4 aromatic rings. The molecule has 0 aliphatic carbocycles. The van der Waals surface area contributed by atoms with Crippen molar-refractivity contribution in [2.24, 2.45) is 0 Å². The predicted octanol–water partition coefficient (Wildman–Crippen LogP) is 4.81. The van der Waals surface area contributed by atoms with E-state index in [2.05, 4.69) is 20.5 Å². The molecule has 1 amide bonds. The maximum Gasteiger partial charge on any atom is 0.348 e. The van der Waals surface area contributed by atoms with Crippen molar-refractivity contribution in [2.75, 3.05) is 11.9 Å². The molecule has 0 unspecified atom stereocenters. The summed E-state index contributed by atoms with van der Waals surface area (Å²) in [4.78, 5) is 29.1. The molecule has 0 fully saturated rings. The van der Waals surface area contributed by atoms with Crippen molar-refractivity contribution in [3.63, 3.8) is 0 Å². The highest BCUT2D eigenvalue weighted by molar-refractivity contribution is 7.12. The summed E-state index contributed by atoms with van der Waals surface area (Å²) in [5.41, 5.74) is 4.30. The Morgan fingerprint density at radius 3 is 2.79 bits per heavy atom. The summed E-state index contributed by atoms with van der Waals surface area (Å²) in [7, 11) is 0. The maximum atomic E-state index is 12.5. The fourth-order valence-electron chi connectivity index (χ4n) is 3.25. The first-order chi connectivity index (χ1) is 16.6. The zero-order chi connectivity index (χ0) is 23.8. The van der Waals surface area contributed by atoms with Crippen LogP contribution in [0.5, 0.6) is 0 Å². The molecule has 0 bridgehead atoms. The number of amides is 1. The van der Waals surface area contributed by atoms with Gasteiger partial charge in [0.25, 0.3) is 0 Å². The summed E-state index contributed by atoms with van der Waals surface area (Å²) in [5, 5.41) is 12.3. The summed E-state index contributed by atoms with van der Waals surface area (Å²) in [6.45, 7) is 2.10. The van der Waals surface area contributed by atoms with Gasteiger partial charge in [0.2, 0.25) is 18.2 Å². The van der Waals surface area contributed by atoms with Crippen LogP contribution < -0.4 is 5.32 Å². The van der Waals surface area contributed by atoms with E-state index >= 15 is 0 Å². The molecule has 34 heavy (non-hydrogen) atoms. The molecule has 0 saturated carbocycles. The number of thiophene rings is 1. The first kappa shape index (κ1) is 23.1. The Morgan fingerprint density at radius 2 is 2.03 bits per heavy atom. The zero-order valence-corrected chi connectivity index (χ0v) is 19.2. The van der Waals surface area contributed by atoms with E-state index in [0.29, 0.717) is 29.5 Å². The molecule has 0 radical (unpaired) electrons. The molecule has 0 aliphatic rings. The SMILES string of the molecule is CCOC(=O)c1cc(-c2ccncc2/C=C/C(=O)Nc2ccc(CCc3nnco3)cc2)cs1. The lowest BCUT2D eigenvalue weighted by Gasteiger charge is -2.05. The molecule has 1 aromatic carbocycles. The van der Waals surface area contributed by atoms with Crippen molar-refractivity contribution in [1.82, 2.24) is 15.2 Å². The average molecular weight is 475 g/mol. The smallest absolute Gasteiger partial charge is 0.348 e. The van der Waals surface area contributed by atoms with Gasteiger partial charge in [-0.15, -0.1) is 21.5 Å². The lowest BCUT2D eigenvalue weighted by Crippen LogP contribution is -2.07. The Morgan fingerprint density at radius 1 is 1.18 bits per heavy atom. The molecule has 0 aliphatic heterocycles. The topological polar surface area (TPSA) is 107 Å². The number of hydrogen-bond donors (Lipinski definition) is 1. The van der Waals surface area contributed by atoms with E-state index in [1.165, 1.54) is 23.8 Å².